The quantitative estimate of drug-likeness (QED) is 0.843. The van der Waals surface area contributed by atoms with Gasteiger partial charge in [-0.2, -0.15) is 0 Å². The van der Waals surface area contributed by atoms with Crippen LogP contribution >= 0.6 is 0 Å². The highest BCUT2D eigenvalue weighted by Crippen LogP contribution is 2.18. The molecule has 0 bridgehead atoms. The molecule has 2 nitrogen and oxygen atoms in total. The summed E-state index contributed by atoms with van der Waals surface area (Å²) in [6.07, 6.45) is 0. The fourth-order valence-electron chi connectivity index (χ4n) is 2.38. The fraction of sp³-hybridized carbons (Fsp3) is 0.333. The van der Waals surface area contributed by atoms with Gasteiger partial charge in [0.25, 0.3) is 0 Å². The van der Waals surface area contributed by atoms with Gasteiger partial charge >= 0.3 is 0 Å². The van der Waals surface area contributed by atoms with Crippen molar-refractivity contribution in [2.75, 3.05) is 29.9 Å². The van der Waals surface area contributed by atoms with Crippen LogP contribution in [0.5, 0.6) is 0 Å². The van der Waals surface area contributed by atoms with Gasteiger partial charge in [0.05, 0.1) is 0 Å². The molecule has 2 aromatic rings. The molecule has 2 rings (SSSR count). The monoisotopic (exact) mass is 268 g/mol. The predicted molar refractivity (Wildman–Crippen MR) is 88.7 cm³/mol. The third kappa shape index (κ3) is 3.53. The van der Waals surface area contributed by atoms with E-state index in [9.17, 15) is 0 Å². The topological polar surface area (TPSA) is 15.3 Å². The molecule has 20 heavy (non-hydrogen) atoms. The molecule has 2 heteroatoms. The normalized spacial score (nSPS) is 10.3. The number of hydrogen-bond donors (Lipinski definition) is 1. The van der Waals surface area contributed by atoms with Crippen molar-refractivity contribution in [1.82, 2.24) is 0 Å². The molecule has 0 fully saturated rings. The SMILES string of the molecule is CCN(CCNc1cccc(C)c1C)c1ccccc1. The first-order valence-corrected chi connectivity index (χ1v) is 7.32. The first-order valence-electron chi connectivity index (χ1n) is 7.32. The number of likely N-dealkylation sites (N-methyl/N-ethyl adjacent to an activating group) is 1. The average molecular weight is 268 g/mol. The lowest BCUT2D eigenvalue weighted by molar-refractivity contribution is 0.835. The Morgan fingerprint density at radius 3 is 2.40 bits per heavy atom. The lowest BCUT2D eigenvalue weighted by Crippen LogP contribution is -2.28. The Hall–Kier alpha value is -1.96. The standard InChI is InChI=1S/C18H24N2/c1-4-20(17-10-6-5-7-11-17)14-13-19-18-12-8-9-15(2)16(18)3/h5-12,19H,4,13-14H2,1-3H3. The third-order valence-corrected chi connectivity index (χ3v) is 3.80. The van der Waals surface area contributed by atoms with Crippen LogP contribution in [0.15, 0.2) is 48.5 Å². The number of aryl methyl sites for hydroxylation is 1. The highest BCUT2D eigenvalue weighted by Gasteiger charge is 2.04. The molecule has 0 saturated heterocycles. The number of rotatable bonds is 6. The highest BCUT2D eigenvalue weighted by molar-refractivity contribution is 5.54. The van der Waals surface area contributed by atoms with Gasteiger partial charge in [-0.05, 0) is 50.1 Å². The zero-order valence-electron chi connectivity index (χ0n) is 12.7. The van der Waals surface area contributed by atoms with Crippen LogP contribution in [-0.2, 0) is 0 Å². The van der Waals surface area contributed by atoms with Gasteiger partial charge in [-0.25, -0.2) is 0 Å². The van der Waals surface area contributed by atoms with Crippen molar-refractivity contribution >= 4 is 11.4 Å². The number of nitrogens with one attached hydrogen (secondary N) is 1. The summed E-state index contributed by atoms with van der Waals surface area (Å²) in [4.78, 5) is 2.39. The van der Waals surface area contributed by atoms with E-state index in [0.717, 1.165) is 19.6 Å². The van der Waals surface area contributed by atoms with Crippen LogP contribution < -0.4 is 10.2 Å². The molecule has 2 aromatic carbocycles. The number of benzene rings is 2. The van der Waals surface area contributed by atoms with E-state index in [2.05, 4.69) is 79.5 Å². The lowest BCUT2D eigenvalue weighted by Gasteiger charge is -2.23. The molecular formula is C18H24N2. The van der Waals surface area contributed by atoms with E-state index < -0.39 is 0 Å². The molecule has 0 atom stereocenters. The van der Waals surface area contributed by atoms with Crippen LogP contribution in [0.1, 0.15) is 18.1 Å². The van der Waals surface area contributed by atoms with Gasteiger partial charge in [-0.1, -0.05) is 30.3 Å². The van der Waals surface area contributed by atoms with E-state index in [1.165, 1.54) is 22.5 Å². The minimum atomic E-state index is 0.951. The second-order valence-electron chi connectivity index (χ2n) is 5.09. The highest BCUT2D eigenvalue weighted by atomic mass is 15.1. The molecule has 0 radical (unpaired) electrons. The lowest BCUT2D eigenvalue weighted by atomic mass is 10.1. The number of para-hydroxylation sites is 1. The summed E-state index contributed by atoms with van der Waals surface area (Å²) in [5.74, 6) is 0. The molecule has 0 aliphatic rings. The molecule has 0 saturated carbocycles. The molecule has 0 amide bonds. The van der Waals surface area contributed by atoms with Crippen LogP contribution in [0, 0.1) is 13.8 Å². The Morgan fingerprint density at radius 1 is 0.950 bits per heavy atom. The van der Waals surface area contributed by atoms with E-state index in [0.29, 0.717) is 0 Å². The van der Waals surface area contributed by atoms with E-state index in [1.807, 2.05) is 0 Å². The summed E-state index contributed by atoms with van der Waals surface area (Å²) >= 11 is 0. The van der Waals surface area contributed by atoms with E-state index in [-0.39, 0.29) is 0 Å². The van der Waals surface area contributed by atoms with Crippen LogP contribution in [0.4, 0.5) is 11.4 Å². The fourth-order valence-corrected chi connectivity index (χ4v) is 2.38. The van der Waals surface area contributed by atoms with Gasteiger partial charge < -0.3 is 10.2 Å². The largest absolute Gasteiger partial charge is 0.383 e. The molecule has 0 aliphatic carbocycles. The molecule has 0 heterocycles. The van der Waals surface area contributed by atoms with Crippen LogP contribution in [0.2, 0.25) is 0 Å². The second kappa shape index (κ2) is 6.99. The van der Waals surface area contributed by atoms with Gasteiger partial charge in [0.2, 0.25) is 0 Å². The Labute approximate surface area is 122 Å². The smallest absolute Gasteiger partial charge is 0.0373 e. The molecule has 106 valence electrons. The average Bonchev–Trinajstić information content (AvgIpc) is 2.49. The van der Waals surface area contributed by atoms with Gasteiger partial charge in [-0.3, -0.25) is 0 Å². The number of hydrogen-bond acceptors (Lipinski definition) is 2. The summed E-state index contributed by atoms with van der Waals surface area (Å²) in [5.41, 5.74) is 5.22. The van der Waals surface area contributed by atoms with Gasteiger partial charge in [0, 0.05) is 31.0 Å². The zero-order valence-corrected chi connectivity index (χ0v) is 12.7. The molecule has 0 aromatic heterocycles. The van der Waals surface area contributed by atoms with Crippen LogP contribution in [0.25, 0.3) is 0 Å². The molecule has 0 unspecified atom stereocenters. The Kier molecular flexibility index (Phi) is 5.05. The van der Waals surface area contributed by atoms with Gasteiger partial charge in [0.15, 0.2) is 0 Å². The van der Waals surface area contributed by atoms with Crippen molar-refractivity contribution in [3.05, 3.63) is 59.7 Å². The Bertz CT molecular complexity index is 534. The zero-order chi connectivity index (χ0) is 14.4. The second-order valence-corrected chi connectivity index (χ2v) is 5.09. The van der Waals surface area contributed by atoms with E-state index >= 15 is 0 Å². The summed E-state index contributed by atoms with van der Waals surface area (Å²) in [6, 6.07) is 17.0. The third-order valence-electron chi connectivity index (χ3n) is 3.80. The Morgan fingerprint density at radius 2 is 1.70 bits per heavy atom. The summed E-state index contributed by atoms with van der Waals surface area (Å²) in [7, 11) is 0. The molecule has 1 N–H and O–H groups in total. The van der Waals surface area contributed by atoms with Crippen molar-refractivity contribution in [3.63, 3.8) is 0 Å². The van der Waals surface area contributed by atoms with E-state index in [4.69, 9.17) is 0 Å². The minimum Gasteiger partial charge on any atom is -0.383 e. The maximum atomic E-state index is 3.55. The molecule has 0 aliphatic heterocycles. The maximum absolute atomic E-state index is 3.55. The summed E-state index contributed by atoms with van der Waals surface area (Å²) in [5, 5.41) is 3.55. The predicted octanol–water partition coefficient (Wildman–Crippen LogP) is 4.24. The van der Waals surface area contributed by atoms with E-state index in [1.54, 1.807) is 0 Å². The van der Waals surface area contributed by atoms with Crippen molar-refractivity contribution in [1.29, 1.82) is 0 Å². The molecular weight excluding hydrogens is 244 g/mol. The van der Waals surface area contributed by atoms with Crippen molar-refractivity contribution in [2.24, 2.45) is 0 Å². The van der Waals surface area contributed by atoms with Crippen molar-refractivity contribution < 1.29 is 0 Å². The van der Waals surface area contributed by atoms with Crippen LogP contribution in [-0.4, -0.2) is 19.6 Å². The van der Waals surface area contributed by atoms with Crippen molar-refractivity contribution in [2.45, 2.75) is 20.8 Å². The van der Waals surface area contributed by atoms with Crippen LogP contribution in [0.3, 0.4) is 0 Å². The Balaban J connectivity index is 1.93. The molecule has 0 spiro atoms. The minimum absolute atomic E-state index is 0.951. The summed E-state index contributed by atoms with van der Waals surface area (Å²) < 4.78 is 0. The summed E-state index contributed by atoms with van der Waals surface area (Å²) in [6.45, 7) is 9.51. The first-order chi connectivity index (χ1) is 9.72. The van der Waals surface area contributed by atoms with Gasteiger partial charge in [0.1, 0.15) is 0 Å². The maximum Gasteiger partial charge on any atom is 0.0373 e. The number of nitrogens with zero attached hydrogens (tertiary/aromatic N) is 1. The van der Waals surface area contributed by atoms with Gasteiger partial charge in [-0.15, -0.1) is 0 Å². The first kappa shape index (κ1) is 14.4. The van der Waals surface area contributed by atoms with Crippen molar-refractivity contribution in [3.8, 4) is 0 Å². The number of anilines is 2.